The topological polar surface area (TPSA) is 58.7 Å². The lowest BCUT2D eigenvalue weighted by Gasteiger charge is -2.17. The maximum Gasteiger partial charge on any atom is 0.263 e. The van der Waals surface area contributed by atoms with Crippen LogP contribution in [0.5, 0.6) is 0 Å². The lowest BCUT2D eigenvalue weighted by molar-refractivity contribution is 0.509. The van der Waals surface area contributed by atoms with Crippen molar-refractivity contribution in [1.29, 1.82) is 5.26 Å². The van der Waals surface area contributed by atoms with Crippen LogP contribution in [0.3, 0.4) is 0 Å². The van der Waals surface area contributed by atoms with E-state index in [4.69, 9.17) is 4.98 Å². The molecule has 0 amide bonds. The Labute approximate surface area is 172 Å². The molecule has 0 unspecified atom stereocenters. The van der Waals surface area contributed by atoms with Gasteiger partial charge in [0.15, 0.2) is 5.16 Å². The first-order valence-electron chi connectivity index (χ1n) is 9.39. The van der Waals surface area contributed by atoms with Crippen molar-refractivity contribution in [1.82, 2.24) is 9.55 Å². The quantitative estimate of drug-likeness (QED) is 0.342. The number of nitriles is 1. The van der Waals surface area contributed by atoms with E-state index >= 15 is 0 Å². The molecule has 0 saturated heterocycles. The molecule has 1 aromatic carbocycles. The van der Waals surface area contributed by atoms with Crippen LogP contribution in [-0.2, 0) is 25.1 Å². The van der Waals surface area contributed by atoms with Gasteiger partial charge in [-0.15, -0.1) is 17.9 Å². The van der Waals surface area contributed by atoms with Crippen LogP contribution in [-0.4, -0.2) is 9.55 Å². The van der Waals surface area contributed by atoms with Gasteiger partial charge in [-0.2, -0.15) is 5.26 Å². The Balaban J connectivity index is 1.77. The van der Waals surface area contributed by atoms with Crippen LogP contribution in [0.25, 0.3) is 10.2 Å². The molecule has 0 aliphatic heterocycles. The summed E-state index contributed by atoms with van der Waals surface area (Å²) in [7, 11) is 0. The van der Waals surface area contributed by atoms with E-state index in [1.165, 1.54) is 22.2 Å². The molecular formula is C22H21N3OS2. The van der Waals surface area contributed by atoms with Crippen molar-refractivity contribution < 1.29 is 0 Å². The van der Waals surface area contributed by atoms with E-state index in [1.807, 2.05) is 24.3 Å². The van der Waals surface area contributed by atoms with E-state index in [0.29, 0.717) is 28.9 Å². The van der Waals surface area contributed by atoms with Crippen molar-refractivity contribution >= 4 is 33.3 Å². The van der Waals surface area contributed by atoms with Gasteiger partial charge in [0.2, 0.25) is 0 Å². The standard InChI is InChI=1S/C22H21N3OS2/c1-3-10-25-21(26)19-17-9-8-14(2)11-18(17)28-20(19)24-22(25)27-13-16-7-5-4-6-15(16)12-23/h3-7,14H,1,8-11,13H2,2H3/t14-/m0/s1. The van der Waals surface area contributed by atoms with Crippen molar-refractivity contribution in [3.05, 3.63) is 68.8 Å². The van der Waals surface area contributed by atoms with Gasteiger partial charge in [0.05, 0.1) is 17.0 Å². The third-order valence-corrected chi connectivity index (χ3v) is 7.36. The highest BCUT2D eigenvalue weighted by Gasteiger charge is 2.24. The van der Waals surface area contributed by atoms with Gasteiger partial charge >= 0.3 is 0 Å². The zero-order valence-electron chi connectivity index (χ0n) is 15.8. The molecule has 1 aliphatic rings. The fourth-order valence-electron chi connectivity index (χ4n) is 3.70. The lowest BCUT2D eigenvalue weighted by atomic mass is 9.89. The molecule has 1 aliphatic carbocycles. The average Bonchev–Trinajstić information content (AvgIpc) is 3.06. The molecule has 1 atom stereocenters. The molecule has 28 heavy (non-hydrogen) atoms. The molecule has 0 radical (unpaired) electrons. The van der Waals surface area contributed by atoms with Gasteiger partial charge < -0.3 is 0 Å². The molecular weight excluding hydrogens is 386 g/mol. The Morgan fingerprint density at radius 3 is 3.07 bits per heavy atom. The fraction of sp³-hybridized carbons (Fsp3) is 0.318. The molecule has 0 N–H and O–H groups in total. The number of thioether (sulfide) groups is 1. The summed E-state index contributed by atoms with van der Waals surface area (Å²) >= 11 is 3.18. The minimum absolute atomic E-state index is 0.0352. The Kier molecular flexibility index (Phi) is 5.38. The highest BCUT2D eigenvalue weighted by Crippen LogP contribution is 2.36. The number of fused-ring (bicyclic) bond motifs is 3. The number of aryl methyl sites for hydroxylation is 1. The van der Waals surface area contributed by atoms with Crippen LogP contribution in [0.4, 0.5) is 0 Å². The molecule has 0 fully saturated rings. The monoisotopic (exact) mass is 407 g/mol. The van der Waals surface area contributed by atoms with E-state index in [2.05, 4.69) is 19.6 Å². The lowest BCUT2D eigenvalue weighted by Crippen LogP contribution is -2.23. The van der Waals surface area contributed by atoms with E-state index in [-0.39, 0.29) is 5.56 Å². The minimum Gasteiger partial charge on any atom is -0.283 e. The van der Waals surface area contributed by atoms with Gasteiger partial charge in [0, 0.05) is 17.2 Å². The van der Waals surface area contributed by atoms with Gasteiger partial charge in [0.25, 0.3) is 5.56 Å². The minimum atomic E-state index is 0.0352. The van der Waals surface area contributed by atoms with Gasteiger partial charge in [-0.05, 0) is 42.4 Å². The Morgan fingerprint density at radius 2 is 2.29 bits per heavy atom. The molecule has 2 aromatic heterocycles. The van der Waals surface area contributed by atoms with Crippen LogP contribution in [0, 0.1) is 17.2 Å². The van der Waals surface area contributed by atoms with Gasteiger partial charge in [-0.25, -0.2) is 4.98 Å². The second-order valence-corrected chi connectivity index (χ2v) is 9.21. The summed E-state index contributed by atoms with van der Waals surface area (Å²) in [6, 6.07) is 9.79. The number of benzene rings is 1. The Morgan fingerprint density at radius 1 is 1.46 bits per heavy atom. The maximum atomic E-state index is 13.3. The Hall–Kier alpha value is -2.36. The maximum absolute atomic E-state index is 13.3. The zero-order chi connectivity index (χ0) is 19.7. The molecule has 6 heteroatoms. The van der Waals surface area contributed by atoms with Gasteiger partial charge in [0.1, 0.15) is 4.83 Å². The number of aromatic nitrogens is 2. The largest absolute Gasteiger partial charge is 0.283 e. The fourth-order valence-corrected chi connectivity index (χ4v) is 6.14. The Bertz CT molecular complexity index is 1150. The molecule has 2 heterocycles. The summed E-state index contributed by atoms with van der Waals surface area (Å²) in [4.78, 5) is 20.3. The summed E-state index contributed by atoms with van der Waals surface area (Å²) < 4.78 is 1.72. The van der Waals surface area contributed by atoms with Crippen molar-refractivity contribution in [3.8, 4) is 6.07 Å². The number of hydrogen-bond donors (Lipinski definition) is 0. The summed E-state index contributed by atoms with van der Waals surface area (Å²) in [5.74, 6) is 1.26. The summed E-state index contributed by atoms with van der Waals surface area (Å²) in [6.45, 7) is 6.52. The molecule has 0 bridgehead atoms. The average molecular weight is 408 g/mol. The zero-order valence-corrected chi connectivity index (χ0v) is 17.4. The first-order valence-corrected chi connectivity index (χ1v) is 11.2. The predicted octanol–water partition coefficient (Wildman–Crippen LogP) is 4.93. The van der Waals surface area contributed by atoms with Crippen LogP contribution < -0.4 is 5.56 Å². The number of rotatable bonds is 5. The summed E-state index contributed by atoms with van der Waals surface area (Å²) in [6.07, 6.45) is 4.86. The van der Waals surface area contributed by atoms with E-state index in [0.717, 1.165) is 35.0 Å². The smallest absolute Gasteiger partial charge is 0.263 e. The number of allylic oxidation sites excluding steroid dienone is 1. The van der Waals surface area contributed by atoms with Crippen LogP contribution in [0.2, 0.25) is 0 Å². The van der Waals surface area contributed by atoms with Crippen molar-refractivity contribution in [2.24, 2.45) is 5.92 Å². The normalized spacial score (nSPS) is 15.9. The third-order valence-electron chi connectivity index (χ3n) is 5.19. The molecule has 4 nitrogen and oxygen atoms in total. The molecule has 0 spiro atoms. The van der Waals surface area contributed by atoms with Crippen LogP contribution >= 0.6 is 23.1 Å². The van der Waals surface area contributed by atoms with Crippen molar-refractivity contribution in [2.75, 3.05) is 0 Å². The van der Waals surface area contributed by atoms with Crippen molar-refractivity contribution in [2.45, 2.75) is 43.6 Å². The first kappa shape index (κ1) is 19.0. The van der Waals surface area contributed by atoms with Crippen LogP contribution in [0.1, 0.15) is 34.9 Å². The molecule has 142 valence electrons. The highest BCUT2D eigenvalue weighted by atomic mass is 32.2. The summed E-state index contributed by atoms with van der Waals surface area (Å²) in [5.41, 5.74) is 2.86. The van der Waals surface area contributed by atoms with Gasteiger partial charge in [-0.3, -0.25) is 9.36 Å². The van der Waals surface area contributed by atoms with Crippen molar-refractivity contribution in [3.63, 3.8) is 0 Å². The molecule has 0 saturated carbocycles. The van der Waals surface area contributed by atoms with E-state index in [1.54, 1.807) is 22.0 Å². The van der Waals surface area contributed by atoms with E-state index in [9.17, 15) is 10.1 Å². The second kappa shape index (κ2) is 7.94. The number of nitrogens with zero attached hydrogens (tertiary/aromatic N) is 3. The molecule has 3 aromatic rings. The van der Waals surface area contributed by atoms with Crippen LogP contribution in [0.15, 0.2) is 46.9 Å². The SMILES string of the molecule is C=CCn1c(SCc2ccccc2C#N)nc2sc3c(c2c1=O)CC[C@H](C)C3. The summed E-state index contributed by atoms with van der Waals surface area (Å²) in [5, 5.41) is 10.8. The highest BCUT2D eigenvalue weighted by molar-refractivity contribution is 7.98. The van der Waals surface area contributed by atoms with E-state index < -0.39 is 0 Å². The molecule has 4 rings (SSSR count). The first-order chi connectivity index (χ1) is 13.6. The third kappa shape index (κ3) is 3.41. The predicted molar refractivity (Wildman–Crippen MR) is 116 cm³/mol. The number of hydrogen-bond acceptors (Lipinski definition) is 5. The number of thiophene rings is 1. The van der Waals surface area contributed by atoms with Gasteiger partial charge in [-0.1, -0.05) is 43.0 Å². The second-order valence-electron chi connectivity index (χ2n) is 7.19.